The molecule has 1 atom stereocenters. The molecular formula is C33H33ClN4O5. The predicted octanol–water partition coefficient (Wildman–Crippen LogP) is 4.73. The van der Waals surface area contributed by atoms with Crippen molar-refractivity contribution in [2.24, 2.45) is 5.92 Å². The number of halogens is 1. The summed E-state index contributed by atoms with van der Waals surface area (Å²) in [6.07, 6.45) is 0.226. The van der Waals surface area contributed by atoms with Crippen LogP contribution in [0.1, 0.15) is 30.0 Å². The molecule has 222 valence electrons. The van der Waals surface area contributed by atoms with Gasteiger partial charge in [0.25, 0.3) is 5.91 Å². The molecule has 1 saturated heterocycles. The molecule has 10 heteroatoms. The van der Waals surface area contributed by atoms with Crippen LogP contribution in [0, 0.1) is 5.92 Å². The third kappa shape index (κ3) is 7.06. The minimum atomic E-state index is -0.908. The monoisotopic (exact) mass is 600 g/mol. The third-order valence-electron chi connectivity index (χ3n) is 7.43. The van der Waals surface area contributed by atoms with Crippen molar-refractivity contribution >= 4 is 51.7 Å². The van der Waals surface area contributed by atoms with Gasteiger partial charge in [0, 0.05) is 49.6 Å². The molecule has 0 bridgehead atoms. The Morgan fingerprint density at radius 1 is 0.907 bits per heavy atom. The Hall–Kier alpha value is -4.63. The second-order valence-corrected chi connectivity index (χ2v) is 11.2. The number of para-hydroxylation sites is 3. The highest BCUT2D eigenvalue weighted by Gasteiger charge is 2.30. The number of fused-ring (bicyclic) bond motifs is 1. The summed E-state index contributed by atoms with van der Waals surface area (Å²) in [5.74, 6) is -1.28. The summed E-state index contributed by atoms with van der Waals surface area (Å²) in [6, 6.07) is 21.6. The van der Waals surface area contributed by atoms with E-state index in [0.717, 1.165) is 23.0 Å². The summed E-state index contributed by atoms with van der Waals surface area (Å²) in [4.78, 5) is 56.0. The molecular weight excluding hydrogens is 568 g/mol. The van der Waals surface area contributed by atoms with Gasteiger partial charge in [-0.1, -0.05) is 61.8 Å². The van der Waals surface area contributed by atoms with Crippen molar-refractivity contribution in [3.05, 3.63) is 105 Å². The van der Waals surface area contributed by atoms with Gasteiger partial charge in [-0.15, -0.1) is 0 Å². The molecule has 2 heterocycles. The zero-order chi connectivity index (χ0) is 30.5. The topological polar surface area (TPSA) is 112 Å². The van der Waals surface area contributed by atoms with Gasteiger partial charge in [0.15, 0.2) is 11.2 Å². The molecule has 43 heavy (non-hydrogen) atoms. The smallest absolute Gasteiger partial charge is 0.287 e. The van der Waals surface area contributed by atoms with Crippen LogP contribution in [0.2, 0.25) is 5.02 Å². The van der Waals surface area contributed by atoms with Crippen molar-refractivity contribution in [1.82, 2.24) is 10.2 Å². The largest absolute Gasteiger partial charge is 0.451 e. The van der Waals surface area contributed by atoms with Gasteiger partial charge in [0.1, 0.15) is 11.6 Å². The van der Waals surface area contributed by atoms with Crippen LogP contribution in [0.5, 0.6) is 0 Å². The summed E-state index contributed by atoms with van der Waals surface area (Å²) in [7, 11) is 0. The summed E-state index contributed by atoms with van der Waals surface area (Å²) >= 11 is 6.06. The predicted molar refractivity (Wildman–Crippen MR) is 168 cm³/mol. The SMILES string of the molecule is CC(C)C(=O)Nc1ccccc1N1CCN(C(=O)[C@@H](Cc2ccc(Cl)cc2)NC(=O)c2cc(=O)c3ccccc3o2)CC1. The Balaban J connectivity index is 1.33. The van der Waals surface area contributed by atoms with Crippen molar-refractivity contribution < 1.29 is 18.8 Å². The molecule has 4 aromatic rings. The van der Waals surface area contributed by atoms with Gasteiger partial charge in [-0.25, -0.2) is 0 Å². The van der Waals surface area contributed by atoms with Gasteiger partial charge >= 0.3 is 0 Å². The van der Waals surface area contributed by atoms with Crippen LogP contribution in [0.3, 0.4) is 0 Å². The molecule has 3 aromatic carbocycles. The normalized spacial score (nSPS) is 14.0. The molecule has 0 spiro atoms. The minimum absolute atomic E-state index is 0.0655. The van der Waals surface area contributed by atoms with E-state index in [0.29, 0.717) is 42.2 Å². The first-order valence-corrected chi connectivity index (χ1v) is 14.6. The average molecular weight is 601 g/mol. The molecule has 0 saturated carbocycles. The van der Waals surface area contributed by atoms with E-state index in [1.165, 1.54) is 0 Å². The molecule has 2 N–H and O–H groups in total. The number of piperazine rings is 1. The second kappa shape index (κ2) is 13.1. The zero-order valence-electron chi connectivity index (χ0n) is 24.0. The van der Waals surface area contributed by atoms with E-state index in [4.69, 9.17) is 16.0 Å². The van der Waals surface area contributed by atoms with Crippen molar-refractivity contribution in [2.75, 3.05) is 36.4 Å². The van der Waals surface area contributed by atoms with Gasteiger partial charge in [0.2, 0.25) is 11.8 Å². The van der Waals surface area contributed by atoms with Gasteiger partial charge in [-0.3, -0.25) is 19.2 Å². The molecule has 1 fully saturated rings. The van der Waals surface area contributed by atoms with Crippen LogP contribution in [-0.4, -0.2) is 54.8 Å². The van der Waals surface area contributed by atoms with Crippen LogP contribution in [0.25, 0.3) is 11.0 Å². The highest BCUT2D eigenvalue weighted by Crippen LogP contribution is 2.27. The fourth-order valence-corrected chi connectivity index (χ4v) is 5.15. The molecule has 0 aliphatic carbocycles. The lowest BCUT2D eigenvalue weighted by molar-refractivity contribution is -0.133. The third-order valence-corrected chi connectivity index (χ3v) is 7.69. The molecule has 1 aliphatic rings. The van der Waals surface area contributed by atoms with E-state index in [-0.39, 0.29) is 35.3 Å². The lowest BCUT2D eigenvalue weighted by Crippen LogP contribution is -2.55. The van der Waals surface area contributed by atoms with Crippen LogP contribution in [0.15, 0.2) is 88.1 Å². The second-order valence-electron chi connectivity index (χ2n) is 10.8. The molecule has 3 amide bonds. The van der Waals surface area contributed by atoms with Gasteiger partial charge in [-0.05, 0) is 42.0 Å². The number of anilines is 2. The number of nitrogens with one attached hydrogen (secondary N) is 2. The Kier molecular flexibility index (Phi) is 9.11. The number of nitrogens with zero attached hydrogens (tertiary/aromatic N) is 2. The van der Waals surface area contributed by atoms with E-state index < -0.39 is 11.9 Å². The first-order chi connectivity index (χ1) is 20.7. The first-order valence-electron chi connectivity index (χ1n) is 14.2. The fraction of sp³-hybridized carbons (Fsp3) is 0.273. The summed E-state index contributed by atoms with van der Waals surface area (Å²) in [5.41, 5.74) is 2.39. The highest BCUT2D eigenvalue weighted by atomic mass is 35.5. The average Bonchev–Trinajstić information content (AvgIpc) is 3.01. The maximum Gasteiger partial charge on any atom is 0.287 e. The van der Waals surface area contributed by atoms with Crippen molar-refractivity contribution in [3.63, 3.8) is 0 Å². The molecule has 1 aliphatic heterocycles. The van der Waals surface area contributed by atoms with Crippen LogP contribution in [0.4, 0.5) is 11.4 Å². The lowest BCUT2D eigenvalue weighted by Gasteiger charge is -2.38. The van der Waals surface area contributed by atoms with Gasteiger partial charge < -0.3 is 24.9 Å². The Morgan fingerprint density at radius 2 is 1.58 bits per heavy atom. The van der Waals surface area contributed by atoms with Gasteiger partial charge in [0.05, 0.1) is 16.8 Å². The first kappa shape index (κ1) is 29.8. The van der Waals surface area contributed by atoms with E-state index in [1.807, 2.05) is 50.2 Å². The molecule has 0 radical (unpaired) electrons. The minimum Gasteiger partial charge on any atom is -0.451 e. The maximum atomic E-state index is 13.9. The summed E-state index contributed by atoms with van der Waals surface area (Å²) in [6.45, 7) is 5.61. The highest BCUT2D eigenvalue weighted by molar-refractivity contribution is 6.30. The number of hydrogen-bond donors (Lipinski definition) is 2. The number of amides is 3. The molecule has 9 nitrogen and oxygen atoms in total. The Labute approximate surface area is 254 Å². The standard InChI is InChI=1S/C33H33ClN4O5/c1-21(2)31(40)35-25-8-4-5-9-27(25)37-15-17-38(18-16-37)33(42)26(19-22-11-13-23(34)14-12-22)36-32(41)30-20-28(39)24-7-3-6-10-29(24)43-30/h3-14,20-21,26H,15-19H2,1-2H3,(H,35,40)(H,36,41)/t26-/m1/s1. The van der Waals surface area contributed by atoms with E-state index >= 15 is 0 Å². The molecule has 5 rings (SSSR count). The van der Waals surface area contributed by atoms with Crippen LogP contribution >= 0.6 is 11.6 Å². The van der Waals surface area contributed by atoms with Crippen LogP contribution in [-0.2, 0) is 16.0 Å². The number of rotatable bonds is 8. The van der Waals surface area contributed by atoms with Crippen molar-refractivity contribution in [2.45, 2.75) is 26.3 Å². The molecule has 0 unspecified atom stereocenters. The maximum absolute atomic E-state index is 13.9. The number of carbonyl (C=O) groups is 3. The Bertz CT molecular complexity index is 1690. The van der Waals surface area contributed by atoms with E-state index in [1.54, 1.807) is 41.3 Å². The quantitative estimate of drug-likeness (QED) is 0.302. The Morgan fingerprint density at radius 3 is 2.30 bits per heavy atom. The summed E-state index contributed by atoms with van der Waals surface area (Å²) in [5, 5.41) is 6.74. The van der Waals surface area contributed by atoms with E-state index in [2.05, 4.69) is 15.5 Å². The molecule has 1 aromatic heterocycles. The van der Waals surface area contributed by atoms with Gasteiger partial charge in [-0.2, -0.15) is 0 Å². The number of carbonyl (C=O) groups excluding carboxylic acids is 3. The summed E-state index contributed by atoms with van der Waals surface area (Å²) < 4.78 is 5.72. The van der Waals surface area contributed by atoms with Crippen molar-refractivity contribution in [3.8, 4) is 0 Å². The number of benzene rings is 3. The van der Waals surface area contributed by atoms with E-state index in [9.17, 15) is 19.2 Å². The van der Waals surface area contributed by atoms with Crippen molar-refractivity contribution in [1.29, 1.82) is 0 Å². The van der Waals surface area contributed by atoms with Crippen LogP contribution < -0.4 is 21.0 Å². The lowest BCUT2D eigenvalue weighted by atomic mass is 10.0. The fourth-order valence-electron chi connectivity index (χ4n) is 5.02. The zero-order valence-corrected chi connectivity index (χ0v) is 24.8. The number of hydrogen-bond acceptors (Lipinski definition) is 6.